The zero-order valence-electron chi connectivity index (χ0n) is 37.9. The van der Waals surface area contributed by atoms with E-state index in [1.54, 1.807) is 44.7 Å². The van der Waals surface area contributed by atoms with Crippen molar-refractivity contribution in [2.24, 2.45) is 5.73 Å². The molecule has 0 aliphatic carbocycles. The Morgan fingerprint density at radius 1 is 0.614 bits per heavy atom. The maximum Gasteiger partial charge on any atom is 0.259 e. The molecule has 8 aromatic heterocycles. The van der Waals surface area contributed by atoms with E-state index in [4.69, 9.17) is 35.5 Å². The second kappa shape index (κ2) is 22.0. The summed E-state index contributed by atoms with van der Waals surface area (Å²) in [6, 6.07) is 22.9. The van der Waals surface area contributed by atoms with E-state index in [2.05, 4.69) is 76.2 Å². The number of nitrogens with two attached hydrogens (primary N) is 3. The van der Waals surface area contributed by atoms with Crippen molar-refractivity contribution in [1.29, 1.82) is 0 Å². The van der Waals surface area contributed by atoms with Gasteiger partial charge in [-0.2, -0.15) is 48.5 Å². The summed E-state index contributed by atoms with van der Waals surface area (Å²) >= 11 is 0. The highest BCUT2D eigenvalue weighted by molar-refractivity contribution is 7.90. The molecule has 0 fully saturated rings. The van der Waals surface area contributed by atoms with Gasteiger partial charge in [0.25, 0.3) is 16.7 Å². The molecule has 70 heavy (non-hydrogen) atoms. The van der Waals surface area contributed by atoms with Crippen LogP contribution in [0.3, 0.4) is 0 Å². The number of anilines is 3. The first-order valence-corrected chi connectivity index (χ1v) is 23.1. The van der Waals surface area contributed by atoms with Gasteiger partial charge in [-0.1, -0.05) is 48.5 Å². The third kappa shape index (κ3) is 11.9. The van der Waals surface area contributed by atoms with E-state index >= 15 is 0 Å². The number of nitrogens with zero attached hydrogens (tertiary/aromatic N) is 18. The van der Waals surface area contributed by atoms with E-state index in [0.717, 1.165) is 40.3 Å². The number of furan rings is 2. The lowest BCUT2D eigenvalue weighted by molar-refractivity contribution is 0.178. The van der Waals surface area contributed by atoms with Crippen LogP contribution in [0.1, 0.15) is 11.1 Å². The summed E-state index contributed by atoms with van der Waals surface area (Å²) in [6.07, 6.45) is 5.65. The van der Waals surface area contributed by atoms with Gasteiger partial charge in [0.1, 0.15) is 0 Å². The molecule has 0 atom stereocenters. The van der Waals surface area contributed by atoms with Gasteiger partial charge in [0, 0.05) is 38.1 Å². The van der Waals surface area contributed by atoms with Gasteiger partial charge >= 0.3 is 0 Å². The van der Waals surface area contributed by atoms with E-state index in [1.165, 1.54) is 25.9 Å². The molecule has 362 valence electrons. The van der Waals surface area contributed by atoms with Gasteiger partial charge in [-0.3, -0.25) is 0 Å². The van der Waals surface area contributed by atoms with Crippen molar-refractivity contribution in [2.75, 3.05) is 63.6 Å². The van der Waals surface area contributed by atoms with Crippen LogP contribution in [0, 0.1) is 0 Å². The lowest BCUT2D eigenvalue weighted by Crippen LogP contribution is -2.12. The first-order valence-electron chi connectivity index (χ1n) is 21.2. The number of rotatable bonds is 17. The van der Waals surface area contributed by atoms with Crippen LogP contribution < -0.4 is 22.5 Å². The van der Waals surface area contributed by atoms with Crippen molar-refractivity contribution < 1.29 is 26.7 Å². The average Bonchev–Trinajstić information content (AvgIpc) is 4.21. The molecule has 0 aliphatic rings. The topological polar surface area (TPSA) is 368 Å². The molecule has 0 saturated heterocycles. The molecular formula is C41H46N22O6S. The number of methoxy groups -OCH3 is 2. The zero-order chi connectivity index (χ0) is 49.0. The summed E-state index contributed by atoms with van der Waals surface area (Å²) in [4.78, 5) is 27.6. The van der Waals surface area contributed by atoms with Crippen molar-refractivity contribution in [3.8, 4) is 45.9 Å². The van der Waals surface area contributed by atoms with E-state index in [0.29, 0.717) is 80.1 Å². The van der Waals surface area contributed by atoms with Crippen molar-refractivity contribution in [3.63, 3.8) is 0 Å². The maximum absolute atomic E-state index is 11.4. The maximum atomic E-state index is 11.4. The molecule has 0 spiro atoms. The van der Waals surface area contributed by atoms with Gasteiger partial charge in [-0.25, -0.2) is 8.42 Å². The summed E-state index contributed by atoms with van der Waals surface area (Å²) in [7, 11) is -0.284. The molecule has 0 unspecified atom stereocenters. The fourth-order valence-electron chi connectivity index (χ4n) is 6.24. The van der Waals surface area contributed by atoms with Crippen LogP contribution in [0.25, 0.3) is 57.5 Å². The van der Waals surface area contributed by atoms with Gasteiger partial charge in [-0.15, -0.1) is 30.6 Å². The second-order valence-corrected chi connectivity index (χ2v) is 16.7. The molecule has 8 heterocycles. The molecule has 29 heteroatoms. The third-order valence-corrected chi connectivity index (χ3v) is 10.6. The summed E-state index contributed by atoms with van der Waals surface area (Å²) in [5.74, 6) is 3.64. The third-order valence-electron chi connectivity index (χ3n) is 9.71. The second-order valence-electron chi connectivity index (χ2n) is 14.8. The summed E-state index contributed by atoms with van der Waals surface area (Å²) in [5, 5.41) is 35.9. The predicted octanol–water partition coefficient (Wildman–Crippen LogP) is 1.57. The molecule has 28 nitrogen and oxygen atoms in total. The van der Waals surface area contributed by atoms with Crippen molar-refractivity contribution in [3.05, 3.63) is 96.4 Å². The van der Waals surface area contributed by atoms with Crippen LogP contribution in [0.15, 0.2) is 99.3 Å². The fourth-order valence-corrected chi connectivity index (χ4v) is 6.74. The van der Waals surface area contributed by atoms with E-state index in [9.17, 15) is 8.42 Å². The molecule has 10 rings (SSSR count). The lowest BCUT2D eigenvalue weighted by atomic mass is 10.1. The number of aromatic nitrogens is 18. The Balaban J connectivity index is 0.000000152. The fraction of sp³-hybridized carbons (Fsp3) is 0.268. The van der Waals surface area contributed by atoms with E-state index in [-0.39, 0.29) is 23.5 Å². The number of nitrogens with one attached hydrogen (secondary N) is 1. The van der Waals surface area contributed by atoms with Crippen LogP contribution >= 0.6 is 0 Å². The molecule has 0 aliphatic heterocycles. The minimum atomic E-state index is -3.57. The number of fused-ring (bicyclic) bond motifs is 2. The number of benzene rings is 2. The average molecular weight is 975 g/mol. The minimum Gasteiger partial charge on any atom is -0.461 e. The van der Waals surface area contributed by atoms with Gasteiger partial charge in [0.2, 0.25) is 51.0 Å². The normalized spacial score (nSPS) is 11.4. The molecule has 0 amide bonds. The van der Waals surface area contributed by atoms with Crippen LogP contribution in [0.5, 0.6) is 0 Å². The largest absolute Gasteiger partial charge is 0.461 e. The highest BCUT2D eigenvalue weighted by Gasteiger charge is 2.19. The molecule has 0 saturated carbocycles. The summed E-state index contributed by atoms with van der Waals surface area (Å²) in [6.45, 7) is 3.54. The molecular weight excluding hydrogens is 929 g/mol. The monoisotopic (exact) mass is 974 g/mol. The van der Waals surface area contributed by atoms with E-state index < -0.39 is 15.0 Å². The Morgan fingerprint density at radius 3 is 1.59 bits per heavy atom. The molecule has 0 radical (unpaired) electrons. The minimum absolute atomic E-state index is 0.0410. The zero-order valence-corrected chi connectivity index (χ0v) is 38.7. The van der Waals surface area contributed by atoms with Crippen molar-refractivity contribution in [2.45, 2.75) is 31.1 Å². The van der Waals surface area contributed by atoms with Crippen molar-refractivity contribution in [1.82, 2.24) is 89.5 Å². The Bertz CT molecular complexity index is 3350. The molecule has 2 aromatic carbocycles. The quantitative estimate of drug-likeness (QED) is 0.101. The van der Waals surface area contributed by atoms with Gasteiger partial charge in [0.15, 0.2) is 11.5 Å². The first-order chi connectivity index (χ1) is 34.0. The van der Waals surface area contributed by atoms with Gasteiger partial charge in [0.05, 0.1) is 38.8 Å². The number of nitrogen functional groups attached to an aromatic ring is 2. The molecule has 7 N–H and O–H groups in total. The Morgan fingerprint density at radius 2 is 1.11 bits per heavy atom. The highest BCUT2D eigenvalue weighted by Crippen LogP contribution is 2.20. The molecule has 10 aromatic rings. The number of sulfone groups is 1. The Kier molecular flexibility index (Phi) is 15.0. The predicted molar refractivity (Wildman–Crippen MR) is 250 cm³/mol. The van der Waals surface area contributed by atoms with Crippen molar-refractivity contribution >= 4 is 39.2 Å². The van der Waals surface area contributed by atoms with Crippen LogP contribution in [-0.4, -0.2) is 145 Å². The number of hydrogen-bond acceptors (Lipinski definition) is 24. The molecule has 0 bridgehead atoms. The number of ether oxygens (including phenoxy) is 2. The highest BCUT2D eigenvalue weighted by atomic mass is 32.2. The SMILES string of the molecule is COCCn1nnc(-c2ccc(CCN)cc2)n1.COCCn1nnc(-c2ccc(CCNc3nc(N)n4nc(-c5ccco5)nc4n3)cc2)n1.CS(=O)(=O)c1nc(N)n2nc(-c3ccco3)nc2n1. The van der Waals surface area contributed by atoms with Crippen LogP contribution in [0.4, 0.5) is 17.8 Å². The van der Waals surface area contributed by atoms with Gasteiger partial charge < -0.3 is 40.8 Å². The Hall–Kier alpha value is -8.67. The first kappa shape index (κ1) is 47.8. The van der Waals surface area contributed by atoms with Crippen LogP contribution in [0.2, 0.25) is 0 Å². The number of hydrogen-bond donors (Lipinski definition) is 4. The lowest BCUT2D eigenvalue weighted by Gasteiger charge is -2.06. The smallest absolute Gasteiger partial charge is 0.259 e. The number of tetrazole rings is 2. The standard InChI is InChI=1S/C20H21N11O2.C12H17N5O.C9H8N6O3S/c1-32-12-10-30-27-16(26-29-30)14-6-4-13(5-7-14)8-9-22-19-24-18(21)31-20(25-19)23-17(28-31)15-3-2-11-33-15;1-18-9-8-17-15-12(14-16-17)11-4-2-10(3-5-11)6-7-13;1-19(16,17)9-12-7(10)15-8(13-9)11-6(14-15)5-3-2-4-18-5/h2-7,11H,8-10,12H2,1H3,(H3,21,22,23,24,25,28);2-5H,6-9,13H2,1H3;2-4H,1H3,(H2,10,11,12,13,14). The van der Waals surface area contributed by atoms with Crippen LogP contribution in [-0.2, 0) is 45.2 Å². The summed E-state index contributed by atoms with van der Waals surface area (Å²) in [5.41, 5.74) is 21.4. The van der Waals surface area contributed by atoms with Gasteiger partial charge in [-0.05, 0) is 65.2 Å². The Labute approximate surface area is 397 Å². The summed E-state index contributed by atoms with van der Waals surface area (Å²) < 4.78 is 45.8. The van der Waals surface area contributed by atoms with E-state index in [1.807, 2.05) is 48.5 Å².